The van der Waals surface area contributed by atoms with Crippen molar-refractivity contribution in [1.82, 2.24) is 0 Å². The molecule has 15 heavy (non-hydrogen) atoms. The van der Waals surface area contributed by atoms with E-state index in [2.05, 4.69) is 0 Å². The highest BCUT2D eigenvalue weighted by Crippen LogP contribution is 2.17. The monoisotopic (exact) mass is 272 g/mol. The van der Waals surface area contributed by atoms with Gasteiger partial charge in [0, 0.05) is 0 Å². The van der Waals surface area contributed by atoms with E-state index < -0.39 is 25.7 Å². The predicted octanol–water partition coefficient (Wildman–Crippen LogP) is 2.38. The first-order valence-electron chi connectivity index (χ1n) is 4.26. The van der Waals surface area contributed by atoms with E-state index in [-0.39, 0.29) is 14.9 Å². The first-order chi connectivity index (χ1) is 5.41. The van der Waals surface area contributed by atoms with Crippen molar-refractivity contribution in [3.8, 4) is 0 Å². The lowest BCUT2D eigenvalue weighted by molar-refractivity contribution is 0.294. The highest BCUT2D eigenvalue weighted by atomic mass is 28.5. The summed E-state index contributed by atoms with van der Waals surface area (Å²) in [6.45, 7) is 10.4. The topological polar surface area (TPSA) is 58.9 Å². The molecule has 0 aliphatic heterocycles. The first-order valence-corrected chi connectivity index (χ1v) is 12.8. The van der Waals surface area contributed by atoms with Crippen LogP contribution in [0.15, 0.2) is 0 Å². The maximum Gasteiger partial charge on any atom is 0.320 e. The minimum atomic E-state index is -2.54. The summed E-state index contributed by atoms with van der Waals surface area (Å²) in [6, 6.07) is 0. The molecule has 0 radical (unpaired) electrons. The number of rotatable bonds is 4. The van der Waals surface area contributed by atoms with E-state index in [0.717, 1.165) is 0 Å². The summed E-state index contributed by atoms with van der Waals surface area (Å²) in [5.41, 5.74) is 0. The van der Waals surface area contributed by atoms with Crippen LogP contribution in [0.5, 0.6) is 0 Å². The smallest absolute Gasteiger partial charge is 0.320 e. The lowest BCUT2D eigenvalue weighted by Crippen LogP contribution is -2.52. The van der Waals surface area contributed by atoms with Crippen LogP contribution >= 0.6 is 0 Å². The van der Waals surface area contributed by atoms with Crippen LogP contribution in [0.25, 0.3) is 0 Å². The lowest BCUT2D eigenvalue weighted by Gasteiger charge is -2.33. The molecule has 0 aromatic heterocycles. The molecule has 0 saturated heterocycles. The van der Waals surface area contributed by atoms with Gasteiger partial charge in [-0.05, 0) is 39.3 Å². The first kappa shape index (κ1) is 20.8. The second-order valence-corrected chi connectivity index (χ2v) is 14.7. The molecule has 96 valence electrons. The number of hydrogen-bond donors (Lipinski definition) is 2. The van der Waals surface area contributed by atoms with Gasteiger partial charge < -0.3 is 17.8 Å². The van der Waals surface area contributed by atoms with Crippen molar-refractivity contribution in [2.24, 2.45) is 0 Å². The van der Waals surface area contributed by atoms with E-state index in [1.54, 1.807) is 26.2 Å². The van der Waals surface area contributed by atoms with Crippen molar-refractivity contribution < 1.29 is 17.8 Å². The standard InChI is InChI=1S/C6H20O4Si3.2CH4/c1-11(2,7)9-13(5,6)10-12(3,4)8;;/h7-8H,1-6H3;2*1H4. The van der Waals surface area contributed by atoms with Gasteiger partial charge >= 0.3 is 25.7 Å². The average molecular weight is 273 g/mol. The summed E-state index contributed by atoms with van der Waals surface area (Å²) in [5.74, 6) is 0. The summed E-state index contributed by atoms with van der Waals surface area (Å²) in [4.78, 5) is 19.1. The van der Waals surface area contributed by atoms with Crippen molar-refractivity contribution in [3.05, 3.63) is 0 Å². The molecule has 0 fully saturated rings. The van der Waals surface area contributed by atoms with E-state index in [1.165, 1.54) is 0 Å². The van der Waals surface area contributed by atoms with Gasteiger partial charge in [0.2, 0.25) is 0 Å². The van der Waals surface area contributed by atoms with E-state index in [4.69, 9.17) is 8.23 Å². The van der Waals surface area contributed by atoms with Crippen molar-refractivity contribution in [2.45, 2.75) is 54.1 Å². The minimum absolute atomic E-state index is 0. The zero-order chi connectivity index (χ0) is 10.9. The largest absolute Gasteiger partial charge is 0.416 e. The third-order valence-corrected chi connectivity index (χ3v) is 8.92. The SMILES string of the molecule is C.C.C[Si](C)(O)O[Si](C)(C)O[Si](C)(C)O. The van der Waals surface area contributed by atoms with Crippen LogP contribution in [0.3, 0.4) is 0 Å². The molecule has 7 heteroatoms. The van der Waals surface area contributed by atoms with Gasteiger partial charge in [-0.1, -0.05) is 14.9 Å². The third kappa shape index (κ3) is 14.5. The van der Waals surface area contributed by atoms with Gasteiger partial charge in [0.15, 0.2) is 0 Å². The van der Waals surface area contributed by atoms with Gasteiger partial charge in [0.25, 0.3) is 0 Å². The summed E-state index contributed by atoms with van der Waals surface area (Å²) < 4.78 is 11.0. The molecule has 0 bridgehead atoms. The maximum atomic E-state index is 9.56. The molecule has 0 spiro atoms. The molecule has 0 saturated carbocycles. The van der Waals surface area contributed by atoms with Crippen molar-refractivity contribution in [3.63, 3.8) is 0 Å². The molecule has 0 amide bonds. The Kier molecular flexibility index (Phi) is 8.73. The lowest BCUT2D eigenvalue weighted by atomic mass is 11.9. The Labute approximate surface area is 98.0 Å². The fourth-order valence-electron chi connectivity index (χ4n) is 1.22. The van der Waals surface area contributed by atoms with Gasteiger partial charge in [0.05, 0.1) is 0 Å². The molecular formula is C8H28O4Si3. The average Bonchev–Trinajstić information content (AvgIpc) is 1.43. The fourth-order valence-corrected chi connectivity index (χ4v) is 11.4. The van der Waals surface area contributed by atoms with Crippen LogP contribution in [-0.2, 0) is 8.23 Å². The molecule has 2 N–H and O–H groups in total. The van der Waals surface area contributed by atoms with Crippen LogP contribution in [0.2, 0.25) is 39.3 Å². The zero-order valence-electron chi connectivity index (χ0n) is 9.21. The van der Waals surface area contributed by atoms with E-state index in [0.29, 0.717) is 0 Å². The minimum Gasteiger partial charge on any atom is -0.416 e. The molecule has 0 aliphatic rings. The molecule has 0 aliphatic carbocycles. The summed E-state index contributed by atoms with van der Waals surface area (Å²) >= 11 is 0. The van der Waals surface area contributed by atoms with Crippen molar-refractivity contribution in [1.29, 1.82) is 0 Å². The number of hydrogen-bond acceptors (Lipinski definition) is 4. The predicted molar refractivity (Wildman–Crippen MR) is 72.5 cm³/mol. The molecule has 0 rings (SSSR count). The zero-order valence-corrected chi connectivity index (χ0v) is 12.2. The van der Waals surface area contributed by atoms with Crippen LogP contribution in [-0.4, -0.2) is 35.3 Å². The summed E-state index contributed by atoms with van der Waals surface area (Å²) in [7, 11) is -7.44. The van der Waals surface area contributed by atoms with Crippen LogP contribution in [0, 0.1) is 0 Å². The summed E-state index contributed by atoms with van der Waals surface area (Å²) in [5, 5.41) is 0. The Balaban J connectivity index is -0.000000720. The summed E-state index contributed by atoms with van der Waals surface area (Å²) in [6.07, 6.45) is 0. The molecule has 0 unspecified atom stereocenters. The molecule has 0 heterocycles. The Morgan fingerprint density at radius 3 is 1.00 bits per heavy atom. The van der Waals surface area contributed by atoms with Crippen molar-refractivity contribution >= 4 is 25.7 Å². The van der Waals surface area contributed by atoms with Gasteiger partial charge in [-0.25, -0.2) is 0 Å². The van der Waals surface area contributed by atoms with Gasteiger partial charge in [-0.15, -0.1) is 0 Å². The Morgan fingerprint density at radius 2 is 0.867 bits per heavy atom. The van der Waals surface area contributed by atoms with Crippen molar-refractivity contribution in [2.75, 3.05) is 0 Å². The second-order valence-electron chi connectivity index (χ2n) is 4.50. The van der Waals surface area contributed by atoms with Gasteiger partial charge in [0.1, 0.15) is 0 Å². The normalized spacial score (nSPS) is 12.8. The molecule has 0 aromatic rings. The van der Waals surface area contributed by atoms with Crippen LogP contribution in [0.4, 0.5) is 0 Å². The molecule has 4 nitrogen and oxygen atoms in total. The van der Waals surface area contributed by atoms with Gasteiger partial charge in [-0.2, -0.15) is 0 Å². The quantitative estimate of drug-likeness (QED) is 0.772. The maximum absolute atomic E-state index is 9.56. The molecule has 0 aromatic carbocycles. The Hall–Kier alpha value is 0.491. The van der Waals surface area contributed by atoms with E-state index in [1.807, 2.05) is 13.1 Å². The second kappa shape index (κ2) is 6.28. The van der Waals surface area contributed by atoms with E-state index >= 15 is 0 Å². The van der Waals surface area contributed by atoms with Gasteiger partial charge in [-0.3, -0.25) is 0 Å². The highest BCUT2D eigenvalue weighted by molar-refractivity contribution is 6.83. The third-order valence-electron chi connectivity index (χ3n) is 0.991. The fraction of sp³-hybridized carbons (Fsp3) is 1.00. The highest BCUT2D eigenvalue weighted by Gasteiger charge is 2.38. The van der Waals surface area contributed by atoms with E-state index in [9.17, 15) is 9.59 Å². The Morgan fingerprint density at radius 1 is 0.667 bits per heavy atom. The van der Waals surface area contributed by atoms with Crippen LogP contribution < -0.4 is 0 Å². The molecular weight excluding hydrogens is 244 g/mol. The van der Waals surface area contributed by atoms with Crippen LogP contribution in [0.1, 0.15) is 14.9 Å². The molecule has 0 atom stereocenters. The Bertz CT molecular complexity index is 154.